The first-order chi connectivity index (χ1) is 9.65. The van der Waals surface area contributed by atoms with Gasteiger partial charge in [-0.15, -0.1) is 0 Å². The minimum Gasteiger partial charge on any atom is -0.346 e. The molecule has 21 heavy (non-hydrogen) atoms. The summed E-state index contributed by atoms with van der Waals surface area (Å²) in [5.74, 6) is -0.956. The molecule has 0 radical (unpaired) electrons. The van der Waals surface area contributed by atoms with Gasteiger partial charge in [0.1, 0.15) is 0 Å². The predicted molar refractivity (Wildman–Crippen MR) is 78.0 cm³/mol. The van der Waals surface area contributed by atoms with Crippen LogP contribution in [-0.4, -0.2) is 33.3 Å². The van der Waals surface area contributed by atoms with Crippen molar-refractivity contribution >= 4 is 27.5 Å². The maximum atomic E-state index is 11.7. The summed E-state index contributed by atoms with van der Waals surface area (Å²) in [6, 6.07) is 2.71. The van der Waals surface area contributed by atoms with E-state index in [9.17, 15) is 18.0 Å². The van der Waals surface area contributed by atoms with Crippen molar-refractivity contribution in [1.82, 2.24) is 5.32 Å². The Labute approximate surface area is 122 Å². The molecule has 0 aliphatic heterocycles. The quantitative estimate of drug-likeness (QED) is 0.549. The number of hydrogen-bond acceptors (Lipinski definition) is 5. The van der Waals surface area contributed by atoms with Crippen molar-refractivity contribution in [2.75, 3.05) is 18.4 Å². The number of rotatable bonds is 5. The Bertz CT molecular complexity index is 670. The molecule has 0 aromatic heterocycles. The number of nitrogens with two attached hydrogens (primary N) is 2. The Morgan fingerprint density at radius 3 is 2.33 bits per heavy atom. The number of carbonyl (C=O) groups is 2. The first-order valence-electron chi connectivity index (χ1n) is 6.06. The molecule has 0 fully saturated rings. The maximum absolute atomic E-state index is 11.7. The topological polar surface area (TPSA) is 144 Å². The largest absolute Gasteiger partial charge is 0.346 e. The number of hydrogen-bond donors (Lipinski definition) is 4. The van der Waals surface area contributed by atoms with Crippen LogP contribution in [0.5, 0.6) is 0 Å². The van der Waals surface area contributed by atoms with Gasteiger partial charge in [0.05, 0.1) is 18.0 Å². The van der Waals surface area contributed by atoms with E-state index in [-0.39, 0.29) is 18.0 Å². The van der Waals surface area contributed by atoms with E-state index >= 15 is 0 Å². The van der Waals surface area contributed by atoms with Crippen molar-refractivity contribution in [2.45, 2.75) is 18.7 Å². The van der Waals surface area contributed by atoms with E-state index in [1.54, 1.807) is 13.8 Å². The van der Waals surface area contributed by atoms with Gasteiger partial charge in [0.25, 0.3) is 0 Å². The second kappa shape index (κ2) is 6.66. The molecule has 0 atom stereocenters. The van der Waals surface area contributed by atoms with E-state index in [4.69, 9.17) is 10.9 Å². The monoisotopic (exact) mass is 314 g/mol. The number of primary sulfonamides is 1. The molecule has 6 N–H and O–H groups in total. The molecule has 1 aromatic rings. The lowest BCUT2D eigenvalue weighted by Crippen LogP contribution is -2.36. The maximum Gasteiger partial charge on any atom is 0.243 e. The van der Waals surface area contributed by atoms with Crippen molar-refractivity contribution in [3.8, 4) is 0 Å². The van der Waals surface area contributed by atoms with Gasteiger partial charge in [0.15, 0.2) is 0 Å². The molecule has 0 aliphatic carbocycles. The molecule has 2 amide bonds. The second-order valence-corrected chi connectivity index (χ2v) is 6.05. The number of aryl methyl sites for hydroxylation is 1. The molecule has 116 valence electrons. The standard InChI is InChI=1S/C12H18N4O4S/c1-7-3-9(21(14,19)20)4-10(8(7)2)16-12(18)6-15-11(17)5-13/h3-4H,5-6,13H2,1-2H3,(H,15,17)(H,16,18)(H2,14,19,20). The van der Waals surface area contributed by atoms with Gasteiger partial charge in [-0.1, -0.05) is 0 Å². The third-order valence-electron chi connectivity index (χ3n) is 2.88. The molecule has 8 nitrogen and oxygen atoms in total. The van der Waals surface area contributed by atoms with E-state index in [2.05, 4.69) is 10.6 Å². The molecule has 9 heteroatoms. The number of nitrogens with one attached hydrogen (secondary N) is 2. The first-order valence-corrected chi connectivity index (χ1v) is 7.60. The number of anilines is 1. The summed E-state index contributed by atoms with van der Waals surface area (Å²) in [4.78, 5) is 22.6. The smallest absolute Gasteiger partial charge is 0.243 e. The Balaban J connectivity index is 2.95. The van der Waals surface area contributed by atoms with Crippen LogP contribution >= 0.6 is 0 Å². The highest BCUT2D eigenvalue weighted by atomic mass is 32.2. The lowest BCUT2D eigenvalue weighted by atomic mass is 10.1. The molecule has 0 saturated carbocycles. The molecule has 0 bridgehead atoms. The van der Waals surface area contributed by atoms with Crippen LogP contribution in [0.15, 0.2) is 17.0 Å². The molecule has 0 heterocycles. The average molecular weight is 314 g/mol. The highest BCUT2D eigenvalue weighted by molar-refractivity contribution is 7.89. The average Bonchev–Trinajstić information content (AvgIpc) is 2.39. The summed E-state index contributed by atoms with van der Waals surface area (Å²) >= 11 is 0. The highest BCUT2D eigenvalue weighted by Crippen LogP contribution is 2.23. The van der Waals surface area contributed by atoms with Gasteiger partial charge >= 0.3 is 0 Å². The highest BCUT2D eigenvalue weighted by Gasteiger charge is 2.14. The zero-order valence-corrected chi connectivity index (χ0v) is 12.6. The number of benzene rings is 1. The first kappa shape index (κ1) is 17.1. The van der Waals surface area contributed by atoms with E-state index < -0.39 is 21.8 Å². The van der Waals surface area contributed by atoms with Crippen LogP contribution in [-0.2, 0) is 19.6 Å². The van der Waals surface area contributed by atoms with Crippen LogP contribution in [0, 0.1) is 13.8 Å². The summed E-state index contributed by atoms with van der Waals surface area (Å²) in [5, 5.41) is 9.92. The van der Waals surface area contributed by atoms with E-state index in [1.165, 1.54) is 12.1 Å². The van der Waals surface area contributed by atoms with Crippen molar-refractivity contribution in [1.29, 1.82) is 0 Å². The molecular weight excluding hydrogens is 296 g/mol. The SMILES string of the molecule is Cc1cc(S(N)(=O)=O)cc(NC(=O)CNC(=O)CN)c1C. The van der Waals surface area contributed by atoms with Crippen LogP contribution in [0.4, 0.5) is 5.69 Å². The zero-order valence-electron chi connectivity index (χ0n) is 11.8. The van der Waals surface area contributed by atoms with Crippen LogP contribution in [0.25, 0.3) is 0 Å². The Morgan fingerprint density at radius 2 is 1.81 bits per heavy atom. The summed E-state index contributed by atoms with van der Waals surface area (Å²) in [5.41, 5.74) is 6.80. The zero-order chi connectivity index (χ0) is 16.2. The van der Waals surface area contributed by atoms with Gasteiger partial charge in [-0.25, -0.2) is 13.6 Å². The molecule has 1 aromatic carbocycles. The lowest BCUT2D eigenvalue weighted by Gasteiger charge is -2.13. The molecule has 0 aliphatic rings. The third kappa shape index (κ3) is 4.81. The Kier molecular flexibility index (Phi) is 5.41. The molecule has 1 rings (SSSR count). The van der Waals surface area contributed by atoms with Gasteiger partial charge in [-0.3, -0.25) is 9.59 Å². The third-order valence-corrected chi connectivity index (χ3v) is 3.77. The number of sulfonamides is 1. The van der Waals surface area contributed by atoms with Crippen molar-refractivity contribution in [3.05, 3.63) is 23.3 Å². The fraction of sp³-hybridized carbons (Fsp3) is 0.333. The van der Waals surface area contributed by atoms with E-state index in [0.29, 0.717) is 16.8 Å². The van der Waals surface area contributed by atoms with Crippen molar-refractivity contribution in [2.24, 2.45) is 10.9 Å². The van der Waals surface area contributed by atoms with Crippen molar-refractivity contribution < 1.29 is 18.0 Å². The number of amides is 2. The van der Waals surface area contributed by atoms with Gasteiger partial charge in [0.2, 0.25) is 21.8 Å². The number of carbonyl (C=O) groups excluding carboxylic acids is 2. The predicted octanol–water partition coefficient (Wildman–Crippen LogP) is -1.04. The lowest BCUT2D eigenvalue weighted by molar-refractivity contribution is -0.123. The van der Waals surface area contributed by atoms with Gasteiger partial charge in [-0.05, 0) is 37.1 Å². The van der Waals surface area contributed by atoms with Gasteiger partial charge in [-0.2, -0.15) is 0 Å². The van der Waals surface area contributed by atoms with Crippen LogP contribution in [0.3, 0.4) is 0 Å². The Morgan fingerprint density at radius 1 is 1.19 bits per heavy atom. The van der Waals surface area contributed by atoms with Gasteiger partial charge in [0, 0.05) is 5.69 Å². The summed E-state index contributed by atoms with van der Waals surface area (Å²) in [6.07, 6.45) is 0. The van der Waals surface area contributed by atoms with E-state index in [1.807, 2.05) is 0 Å². The summed E-state index contributed by atoms with van der Waals surface area (Å²) in [6.45, 7) is 2.96. The minimum absolute atomic E-state index is 0.0908. The summed E-state index contributed by atoms with van der Waals surface area (Å²) < 4.78 is 22.8. The summed E-state index contributed by atoms with van der Waals surface area (Å²) in [7, 11) is -3.87. The minimum atomic E-state index is -3.87. The fourth-order valence-electron chi connectivity index (χ4n) is 1.57. The Hall–Kier alpha value is -1.97. The molecular formula is C12H18N4O4S. The molecule has 0 spiro atoms. The van der Waals surface area contributed by atoms with Crippen LogP contribution < -0.4 is 21.5 Å². The normalized spacial score (nSPS) is 11.0. The van der Waals surface area contributed by atoms with Gasteiger partial charge < -0.3 is 16.4 Å². The van der Waals surface area contributed by atoms with Crippen LogP contribution in [0.2, 0.25) is 0 Å². The molecule has 0 saturated heterocycles. The van der Waals surface area contributed by atoms with E-state index in [0.717, 1.165) is 0 Å². The molecule has 0 unspecified atom stereocenters. The second-order valence-electron chi connectivity index (χ2n) is 4.49. The fourth-order valence-corrected chi connectivity index (χ4v) is 2.19. The van der Waals surface area contributed by atoms with Crippen molar-refractivity contribution in [3.63, 3.8) is 0 Å². The van der Waals surface area contributed by atoms with Crippen LogP contribution in [0.1, 0.15) is 11.1 Å².